The molecule has 0 spiro atoms. The first-order valence-corrected chi connectivity index (χ1v) is 10.2. The second-order valence-corrected chi connectivity index (χ2v) is 8.03. The quantitative estimate of drug-likeness (QED) is 0.597. The maximum atomic E-state index is 13.2. The smallest absolute Gasteiger partial charge is 0.316 e. The van der Waals surface area contributed by atoms with Crippen LogP contribution in [-0.4, -0.2) is 18.7 Å². The van der Waals surface area contributed by atoms with Crippen molar-refractivity contribution in [3.8, 4) is 0 Å². The molecule has 0 aromatic heterocycles. The van der Waals surface area contributed by atoms with Crippen LogP contribution in [-0.2, 0) is 20.7 Å². The van der Waals surface area contributed by atoms with Crippen LogP contribution in [0.4, 0.5) is 0 Å². The van der Waals surface area contributed by atoms with Gasteiger partial charge in [-0.2, -0.15) is 0 Å². The van der Waals surface area contributed by atoms with E-state index in [0.717, 1.165) is 43.2 Å². The van der Waals surface area contributed by atoms with Gasteiger partial charge in [-0.25, -0.2) is 0 Å². The number of hydrogen-bond acceptors (Lipinski definition) is 3. The van der Waals surface area contributed by atoms with Crippen LogP contribution in [0.3, 0.4) is 0 Å². The normalized spacial score (nSPS) is 22.9. The SMILES string of the molecule is O=C(O[C@H]1CCc2ccccc21)[C@H](c1ccc(Cl)c(Cl)c1)[C@@H]1CCCCO1. The van der Waals surface area contributed by atoms with E-state index >= 15 is 0 Å². The molecule has 1 heterocycles. The van der Waals surface area contributed by atoms with Gasteiger partial charge in [-0.3, -0.25) is 4.79 Å². The van der Waals surface area contributed by atoms with E-state index in [1.807, 2.05) is 24.3 Å². The Morgan fingerprint density at radius 3 is 2.70 bits per heavy atom. The zero-order chi connectivity index (χ0) is 18.8. The highest BCUT2D eigenvalue weighted by Gasteiger charge is 2.36. The summed E-state index contributed by atoms with van der Waals surface area (Å²) in [4.78, 5) is 13.2. The molecule has 3 atom stereocenters. The minimum atomic E-state index is -0.493. The third-order valence-electron chi connectivity index (χ3n) is 5.48. The van der Waals surface area contributed by atoms with Gasteiger partial charge >= 0.3 is 5.97 Å². The van der Waals surface area contributed by atoms with Gasteiger partial charge in [0.2, 0.25) is 0 Å². The third kappa shape index (κ3) is 4.01. The summed E-state index contributed by atoms with van der Waals surface area (Å²) in [7, 11) is 0. The van der Waals surface area contributed by atoms with Crippen LogP contribution in [0.1, 0.15) is 54.4 Å². The van der Waals surface area contributed by atoms with Gasteiger partial charge in [0.15, 0.2) is 0 Å². The van der Waals surface area contributed by atoms with Crippen molar-refractivity contribution in [2.75, 3.05) is 6.61 Å². The van der Waals surface area contributed by atoms with Crippen LogP contribution in [0.5, 0.6) is 0 Å². The minimum Gasteiger partial charge on any atom is -0.457 e. The molecule has 1 fully saturated rings. The number of esters is 1. The number of carbonyl (C=O) groups is 1. The largest absolute Gasteiger partial charge is 0.457 e. The van der Waals surface area contributed by atoms with E-state index in [-0.39, 0.29) is 18.2 Å². The van der Waals surface area contributed by atoms with Gasteiger partial charge in [0.1, 0.15) is 12.0 Å². The van der Waals surface area contributed by atoms with Crippen molar-refractivity contribution in [3.63, 3.8) is 0 Å². The standard InChI is InChI=1S/C22H22Cl2O3/c23-17-10-8-15(13-18(17)24)21(20-7-3-4-12-26-20)22(25)27-19-11-9-14-5-1-2-6-16(14)19/h1-2,5-6,8,10,13,19-21H,3-4,7,9,11-12H2/t19-,20-,21+/m0/s1. The van der Waals surface area contributed by atoms with Crippen molar-refractivity contribution in [2.45, 2.75) is 50.2 Å². The highest BCUT2D eigenvalue weighted by Crippen LogP contribution is 2.38. The Hall–Kier alpha value is -1.55. The fourth-order valence-electron chi connectivity index (χ4n) is 4.09. The summed E-state index contributed by atoms with van der Waals surface area (Å²) in [5.41, 5.74) is 3.17. The second kappa shape index (κ2) is 8.22. The number of aryl methyl sites for hydroxylation is 1. The van der Waals surface area contributed by atoms with Crippen molar-refractivity contribution >= 4 is 29.2 Å². The Balaban J connectivity index is 1.60. The molecule has 4 rings (SSSR count). The van der Waals surface area contributed by atoms with Crippen LogP contribution >= 0.6 is 23.2 Å². The molecule has 0 unspecified atom stereocenters. The van der Waals surface area contributed by atoms with Crippen molar-refractivity contribution < 1.29 is 14.3 Å². The summed E-state index contributed by atoms with van der Waals surface area (Å²) in [6.07, 6.45) is 4.28. The first kappa shape index (κ1) is 18.8. The molecule has 27 heavy (non-hydrogen) atoms. The summed E-state index contributed by atoms with van der Waals surface area (Å²) in [5.74, 6) is -0.741. The van der Waals surface area contributed by atoms with E-state index in [9.17, 15) is 4.79 Å². The Kier molecular flexibility index (Phi) is 5.72. The zero-order valence-electron chi connectivity index (χ0n) is 15.0. The van der Waals surface area contributed by atoms with E-state index in [0.29, 0.717) is 16.7 Å². The number of fused-ring (bicyclic) bond motifs is 1. The molecule has 3 nitrogen and oxygen atoms in total. The molecular weight excluding hydrogens is 383 g/mol. The van der Waals surface area contributed by atoms with Crippen molar-refractivity contribution in [1.82, 2.24) is 0 Å². The molecule has 0 saturated carbocycles. The molecule has 5 heteroatoms. The Morgan fingerprint density at radius 1 is 1.07 bits per heavy atom. The van der Waals surface area contributed by atoms with Gasteiger partial charge in [0.25, 0.3) is 0 Å². The van der Waals surface area contributed by atoms with Crippen molar-refractivity contribution in [1.29, 1.82) is 0 Å². The van der Waals surface area contributed by atoms with Crippen LogP contribution < -0.4 is 0 Å². The zero-order valence-corrected chi connectivity index (χ0v) is 16.5. The average Bonchev–Trinajstić information content (AvgIpc) is 3.09. The summed E-state index contributed by atoms with van der Waals surface area (Å²) in [5, 5.41) is 0.913. The van der Waals surface area contributed by atoms with Gasteiger partial charge in [-0.1, -0.05) is 53.5 Å². The number of hydrogen-bond donors (Lipinski definition) is 0. The van der Waals surface area contributed by atoms with Crippen molar-refractivity contribution in [3.05, 3.63) is 69.2 Å². The summed E-state index contributed by atoms with van der Waals surface area (Å²) in [6, 6.07) is 13.5. The fourth-order valence-corrected chi connectivity index (χ4v) is 4.40. The first-order chi connectivity index (χ1) is 13.1. The van der Waals surface area contributed by atoms with Crippen LogP contribution in [0.2, 0.25) is 10.0 Å². The van der Waals surface area contributed by atoms with Crippen LogP contribution in [0.15, 0.2) is 42.5 Å². The van der Waals surface area contributed by atoms with Gasteiger partial charge in [0.05, 0.1) is 16.1 Å². The first-order valence-electron chi connectivity index (χ1n) is 9.48. The van der Waals surface area contributed by atoms with E-state index in [4.69, 9.17) is 32.7 Å². The molecule has 1 saturated heterocycles. The number of rotatable bonds is 4. The van der Waals surface area contributed by atoms with E-state index in [1.165, 1.54) is 5.56 Å². The Bertz CT molecular complexity index is 830. The molecule has 2 aromatic carbocycles. The van der Waals surface area contributed by atoms with Crippen LogP contribution in [0.25, 0.3) is 0 Å². The lowest BCUT2D eigenvalue weighted by atomic mass is 9.89. The van der Waals surface area contributed by atoms with Crippen molar-refractivity contribution in [2.24, 2.45) is 0 Å². The fraction of sp³-hybridized carbons (Fsp3) is 0.409. The maximum absolute atomic E-state index is 13.2. The highest BCUT2D eigenvalue weighted by atomic mass is 35.5. The number of carbonyl (C=O) groups excluding carboxylic acids is 1. The minimum absolute atomic E-state index is 0.192. The lowest BCUT2D eigenvalue weighted by Gasteiger charge is -2.30. The predicted octanol–water partition coefficient (Wildman–Crippen LogP) is 5.88. The molecule has 1 aliphatic carbocycles. The van der Waals surface area contributed by atoms with E-state index < -0.39 is 5.92 Å². The molecule has 1 aliphatic heterocycles. The summed E-state index contributed by atoms with van der Waals surface area (Å²) >= 11 is 12.3. The molecule has 2 aromatic rings. The molecule has 0 amide bonds. The van der Waals surface area contributed by atoms with E-state index in [1.54, 1.807) is 12.1 Å². The number of halogens is 2. The Morgan fingerprint density at radius 2 is 1.93 bits per heavy atom. The molecule has 0 bridgehead atoms. The maximum Gasteiger partial charge on any atom is 0.316 e. The van der Waals surface area contributed by atoms with Gasteiger partial charge < -0.3 is 9.47 Å². The molecule has 2 aliphatic rings. The molecule has 142 valence electrons. The number of benzene rings is 2. The summed E-state index contributed by atoms with van der Waals surface area (Å²) in [6.45, 7) is 0.669. The monoisotopic (exact) mass is 404 g/mol. The Labute approximate surface area is 169 Å². The lowest BCUT2D eigenvalue weighted by molar-refractivity contribution is -0.156. The molecule has 0 radical (unpaired) electrons. The number of ether oxygens (including phenoxy) is 2. The highest BCUT2D eigenvalue weighted by molar-refractivity contribution is 6.42. The third-order valence-corrected chi connectivity index (χ3v) is 6.22. The van der Waals surface area contributed by atoms with Gasteiger partial charge in [0, 0.05) is 6.61 Å². The predicted molar refractivity (Wildman–Crippen MR) is 106 cm³/mol. The van der Waals surface area contributed by atoms with Gasteiger partial charge in [-0.05, 0) is 60.9 Å². The summed E-state index contributed by atoms with van der Waals surface area (Å²) < 4.78 is 11.9. The topological polar surface area (TPSA) is 35.5 Å². The molecule has 0 N–H and O–H groups in total. The molecular formula is C22H22Cl2O3. The van der Waals surface area contributed by atoms with E-state index in [2.05, 4.69) is 6.07 Å². The second-order valence-electron chi connectivity index (χ2n) is 7.22. The average molecular weight is 405 g/mol. The van der Waals surface area contributed by atoms with Crippen LogP contribution in [0, 0.1) is 0 Å². The lowest BCUT2D eigenvalue weighted by Crippen LogP contribution is -2.33. The van der Waals surface area contributed by atoms with Gasteiger partial charge in [-0.15, -0.1) is 0 Å².